The predicted octanol–water partition coefficient (Wildman–Crippen LogP) is 3.30. The minimum atomic E-state index is -4.94. The Morgan fingerprint density at radius 1 is 0.980 bits per heavy atom. The molecule has 0 bridgehead atoms. The summed E-state index contributed by atoms with van der Waals surface area (Å²) in [6.07, 6.45) is -9.20. The molecule has 272 valence electrons. The molecule has 3 atom stereocenters. The molecule has 2 aliphatic heterocycles. The van der Waals surface area contributed by atoms with E-state index in [4.69, 9.17) is 9.47 Å². The number of nitro groups is 1. The van der Waals surface area contributed by atoms with Gasteiger partial charge < -0.3 is 24.8 Å². The van der Waals surface area contributed by atoms with Crippen molar-refractivity contribution in [3.63, 3.8) is 0 Å². The Morgan fingerprint density at radius 3 is 2.08 bits per heavy atom. The second-order valence-corrected chi connectivity index (χ2v) is 11.6. The summed E-state index contributed by atoms with van der Waals surface area (Å²) in [6, 6.07) is -1.18. The molecule has 2 aliphatic rings. The molecule has 23 heteroatoms. The average Bonchev–Trinajstić information content (AvgIpc) is 3.59. The number of hydrogen-bond donors (Lipinski definition) is 2. The van der Waals surface area contributed by atoms with Gasteiger partial charge in [0.15, 0.2) is 23.4 Å². The van der Waals surface area contributed by atoms with Crippen molar-refractivity contribution in [1.82, 2.24) is 34.4 Å². The predicted molar refractivity (Wildman–Crippen MR) is 156 cm³/mol. The van der Waals surface area contributed by atoms with Crippen LogP contribution in [0.4, 0.5) is 37.8 Å². The van der Waals surface area contributed by atoms with Gasteiger partial charge >= 0.3 is 18.3 Å². The van der Waals surface area contributed by atoms with Crippen molar-refractivity contribution in [3.05, 3.63) is 40.0 Å². The van der Waals surface area contributed by atoms with Crippen molar-refractivity contribution in [3.8, 4) is 17.6 Å². The molecule has 3 aromatic heterocycles. The number of halogens is 6. The zero-order valence-corrected chi connectivity index (χ0v) is 26.5. The van der Waals surface area contributed by atoms with E-state index in [9.17, 15) is 51.2 Å². The third-order valence-electron chi connectivity index (χ3n) is 8.27. The molecule has 0 aliphatic carbocycles. The minimum absolute atomic E-state index is 0.218. The number of hydrogen-bond acceptors (Lipinski definition) is 12. The number of piperidine rings is 2. The van der Waals surface area contributed by atoms with Crippen molar-refractivity contribution in [2.24, 2.45) is 14.1 Å². The molecular formula is C27H30F6N10O7. The number of carbonyl (C=O) groups excluding carboxylic acids is 1. The van der Waals surface area contributed by atoms with E-state index in [0.717, 1.165) is 38.4 Å². The summed E-state index contributed by atoms with van der Waals surface area (Å²) in [5.41, 5.74) is -5.77. The highest BCUT2D eigenvalue weighted by molar-refractivity contribution is 5.94. The highest BCUT2D eigenvalue weighted by Crippen LogP contribution is 2.43. The van der Waals surface area contributed by atoms with Crippen molar-refractivity contribution < 1.29 is 55.4 Å². The summed E-state index contributed by atoms with van der Waals surface area (Å²) in [4.78, 5) is 48.7. The molecule has 3 aromatic rings. The van der Waals surface area contributed by atoms with Gasteiger partial charge in [0, 0.05) is 64.1 Å². The van der Waals surface area contributed by atoms with Gasteiger partial charge in [-0.25, -0.2) is 19.1 Å². The van der Waals surface area contributed by atoms with Gasteiger partial charge in [0.25, 0.3) is 11.6 Å². The molecule has 0 aromatic carbocycles. The van der Waals surface area contributed by atoms with Crippen LogP contribution in [0.3, 0.4) is 0 Å². The Hall–Kier alpha value is -5.22. The van der Waals surface area contributed by atoms with Crippen LogP contribution in [-0.2, 0) is 36.0 Å². The molecule has 17 nitrogen and oxygen atoms in total. The van der Waals surface area contributed by atoms with E-state index in [1.165, 1.54) is 4.90 Å². The van der Waals surface area contributed by atoms with Crippen LogP contribution in [0.1, 0.15) is 44.0 Å². The number of anilines is 2. The number of alkyl halides is 6. The molecule has 50 heavy (non-hydrogen) atoms. The SMILES string of the molecule is CC(=O)Nc1c(Oc2cc(C(F)(F)F)nn2C)ncnc1N1CCC(Oc2cc(C(F)(F)F)nn2C)(C(=O)O)C([N+](=O)[O-])C1N1CCCCC1. The topological polar surface area (TPSA) is 196 Å². The third kappa shape index (κ3) is 6.93. The summed E-state index contributed by atoms with van der Waals surface area (Å²) in [5, 5.41) is 32.7. The fourth-order valence-corrected chi connectivity index (χ4v) is 6.05. The highest BCUT2D eigenvalue weighted by atomic mass is 19.4. The van der Waals surface area contributed by atoms with Crippen molar-refractivity contribution in [2.75, 3.05) is 29.9 Å². The highest BCUT2D eigenvalue weighted by Gasteiger charge is 2.66. The first kappa shape index (κ1) is 36.1. The van der Waals surface area contributed by atoms with Crippen LogP contribution in [0.15, 0.2) is 18.5 Å². The molecule has 2 fully saturated rings. The third-order valence-corrected chi connectivity index (χ3v) is 8.27. The molecule has 5 heterocycles. The summed E-state index contributed by atoms with van der Waals surface area (Å²) < 4.78 is 93.2. The number of ether oxygens (including phenoxy) is 2. The van der Waals surface area contributed by atoms with Crippen LogP contribution in [0.2, 0.25) is 0 Å². The normalized spacial score (nSPS) is 21.9. The number of amides is 1. The Labute approximate surface area is 277 Å². The van der Waals surface area contributed by atoms with Gasteiger partial charge in [-0.15, -0.1) is 0 Å². The number of carboxylic acids is 1. The number of aryl methyl sites for hydroxylation is 2. The second kappa shape index (κ2) is 13.2. The molecule has 3 unspecified atom stereocenters. The van der Waals surface area contributed by atoms with Gasteiger partial charge in [-0.1, -0.05) is 6.42 Å². The zero-order chi connectivity index (χ0) is 36.8. The van der Waals surface area contributed by atoms with Crippen LogP contribution in [0.5, 0.6) is 17.6 Å². The summed E-state index contributed by atoms with van der Waals surface area (Å²) >= 11 is 0. The summed E-state index contributed by atoms with van der Waals surface area (Å²) in [6.45, 7) is 1.15. The fourth-order valence-electron chi connectivity index (χ4n) is 6.05. The van der Waals surface area contributed by atoms with Gasteiger partial charge in [-0.2, -0.15) is 41.5 Å². The number of carbonyl (C=O) groups is 2. The fraction of sp³-hybridized carbons (Fsp3) is 0.556. The van der Waals surface area contributed by atoms with Crippen LogP contribution >= 0.6 is 0 Å². The Bertz CT molecular complexity index is 1770. The van der Waals surface area contributed by atoms with Crippen molar-refractivity contribution in [1.29, 1.82) is 0 Å². The molecule has 0 saturated carbocycles. The zero-order valence-electron chi connectivity index (χ0n) is 26.5. The van der Waals surface area contributed by atoms with Crippen LogP contribution < -0.4 is 19.7 Å². The minimum Gasteiger partial charge on any atom is -0.478 e. The lowest BCUT2D eigenvalue weighted by Crippen LogP contribution is -2.74. The molecule has 2 saturated heterocycles. The van der Waals surface area contributed by atoms with Crippen molar-refractivity contribution in [2.45, 2.75) is 62.8 Å². The average molecular weight is 721 g/mol. The van der Waals surface area contributed by atoms with Crippen molar-refractivity contribution >= 4 is 23.4 Å². The van der Waals surface area contributed by atoms with Crippen LogP contribution in [0.25, 0.3) is 0 Å². The van der Waals surface area contributed by atoms with E-state index < -0.39 is 89.0 Å². The summed E-state index contributed by atoms with van der Waals surface area (Å²) in [5.74, 6) is -4.38. The maximum Gasteiger partial charge on any atom is 0.435 e. The molecule has 5 rings (SSSR count). The standard InChI is InChI=1S/C27H30F6N10O7/c1-14(44)36-19-21(34-13-35-22(19)49-17-11-15(26(28,29)30)37-39(17)2)42-10-7-25(24(45)46,50-18-12-16(27(31,32)33)38-40(18)3)20(43(47)48)23(42)41-8-5-4-6-9-41/h11-13,20,23H,4-10H2,1-3H3,(H,36,44)(H,45,46). The van der Waals surface area contributed by atoms with E-state index >= 15 is 0 Å². The van der Waals surface area contributed by atoms with E-state index in [-0.39, 0.29) is 24.6 Å². The first-order valence-corrected chi connectivity index (χ1v) is 14.9. The van der Waals surface area contributed by atoms with Crippen LogP contribution in [-0.4, -0.2) is 93.8 Å². The number of rotatable bonds is 9. The number of likely N-dealkylation sites (tertiary alicyclic amines) is 1. The first-order valence-electron chi connectivity index (χ1n) is 14.9. The Kier molecular flexibility index (Phi) is 9.55. The lowest BCUT2D eigenvalue weighted by molar-refractivity contribution is -0.550. The number of carboxylic acid groups (broad SMARTS) is 1. The van der Waals surface area contributed by atoms with E-state index in [2.05, 4.69) is 25.5 Å². The molecule has 0 spiro atoms. The maximum atomic E-state index is 13.5. The van der Waals surface area contributed by atoms with E-state index in [0.29, 0.717) is 29.7 Å². The van der Waals surface area contributed by atoms with E-state index in [1.807, 2.05) is 0 Å². The van der Waals surface area contributed by atoms with Gasteiger partial charge in [0.05, 0.1) is 0 Å². The quantitative estimate of drug-likeness (QED) is 0.186. The lowest BCUT2D eigenvalue weighted by Gasteiger charge is -2.50. The largest absolute Gasteiger partial charge is 0.478 e. The van der Waals surface area contributed by atoms with Gasteiger partial charge in [0.2, 0.25) is 23.5 Å². The van der Waals surface area contributed by atoms with Gasteiger partial charge in [0.1, 0.15) is 12.0 Å². The smallest absolute Gasteiger partial charge is 0.435 e. The molecule has 1 amide bonds. The van der Waals surface area contributed by atoms with Gasteiger partial charge in [-0.05, 0) is 12.8 Å². The number of nitrogens with one attached hydrogen (secondary N) is 1. The lowest BCUT2D eigenvalue weighted by atomic mass is 9.82. The summed E-state index contributed by atoms with van der Waals surface area (Å²) in [7, 11) is 2.22. The molecule has 2 N–H and O–H groups in total. The van der Waals surface area contributed by atoms with E-state index in [1.54, 1.807) is 4.90 Å². The maximum absolute atomic E-state index is 13.5. The van der Waals surface area contributed by atoms with Crippen LogP contribution in [0, 0.1) is 10.1 Å². The number of aromatic nitrogens is 6. The Balaban J connectivity index is 1.64. The molecular weight excluding hydrogens is 690 g/mol. The van der Waals surface area contributed by atoms with Gasteiger partial charge in [-0.3, -0.25) is 19.8 Å². The number of nitrogens with zero attached hydrogens (tertiary/aromatic N) is 9. The second-order valence-electron chi connectivity index (χ2n) is 11.6. The Morgan fingerprint density at radius 2 is 1.56 bits per heavy atom. The first-order chi connectivity index (χ1) is 23.3. The molecule has 0 radical (unpaired) electrons. The number of aliphatic carboxylic acids is 1. The monoisotopic (exact) mass is 720 g/mol.